The summed E-state index contributed by atoms with van der Waals surface area (Å²) in [6, 6.07) is 3.80. The minimum absolute atomic E-state index is 0.0464. The lowest BCUT2D eigenvalue weighted by Crippen LogP contribution is -2.06. The topological polar surface area (TPSA) is 85.4 Å². The van der Waals surface area contributed by atoms with E-state index in [1.807, 2.05) is 19.1 Å². The number of nitro groups is 1. The van der Waals surface area contributed by atoms with E-state index in [9.17, 15) is 10.1 Å². The van der Waals surface area contributed by atoms with E-state index in [-0.39, 0.29) is 11.6 Å². The molecule has 0 aliphatic rings. The molecular formula is C12H11N5O2S. The van der Waals surface area contributed by atoms with Gasteiger partial charge in [0.2, 0.25) is 5.82 Å². The molecule has 1 N–H and O–H groups in total. The molecule has 0 unspecified atom stereocenters. The van der Waals surface area contributed by atoms with Crippen molar-refractivity contribution < 1.29 is 4.92 Å². The number of nitrogens with one attached hydrogen (secondary N) is 1. The zero-order valence-electron chi connectivity index (χ0n) is 10.6. The zero-order valence-corrected chi connectivity index (χ0v) is 11.4. The second kappa shape index (κ2) is 4.89. The van der Waals surface area contributed by atoms with Crippen LogP contribution in [0.5, 0.6) is 0 Å². The number of rotatable bonds is 4. The molecule has 3 aromatic heterocycles. The summed E-state index contributed by atoms with van der Waals surface area (Å²) < 4.78 is 1.47. The van der Waals surface area contributed by atoms with E-state index >= 15 is 0 Å². The highest BCUT2D eigenvalue weighted by atomic mass is 32.1. The molecule has 0 amide bonds. The summed E-state index contributed by atoms with van der Waals surface area (Å²) in [6.07, 6.45) is 3.34. The summed E-state index contributed by atoms with van der Waals surface area (Å²) in [6.45, 7) is 2.35. The van der Waals surface area contributed by atoms with Gasteiger partial charge in [-0.3, -0.25) is 4.98 Å². The Labute approximate surface area is 118 Å². The largest absolute Gasteiger partial charge is 0.372 e. The zero-order chi connectivity index (χ0) is 14.1. The van der Waals surface area contributed by atoms with E-state index in [1.54, 1.807) is 17.8 Å². The fourth-order valence-electron chi connectivity index (χ4n) is 1.94. The molecule has 102 valence electrons. The van der Waals surface area contributed by atoms with Crippen molar-refractivity contribution in [3.8, 4) is 0 Å². The Balaban J connectivity index is 1.91. The second-order valence-corrected chi connectivity index (χ2v) is 5.09. The third-order valence-electron chi connectivity index (χ3n) is 2.95. The van der Waals surface area contributed by atoms with E-state index in [0.29, 0.717) is 11.5 Å². The second-order valence-electron chi connectivity index (χ2n) is 4.22. The van der Waals surface area contributed by atoms with Crippen molar-refractivity contribution >= 4 is 27.9 Å². The van der Waals surface area contributed by atoms with Crippen LogP contribution < -0.4 is 5.32 Å². The Morgan fingerprint density at radius 3 is 3.15 bits per heavy atom. The van der Waals surface area contributed by atoms with Gasteiger partial charge >= 0.3 is 5.82 Å². The van der Waals surface area contributed by atoms with Crippen LogP contribution in [0.1, 0.15) is 11.3 Å². The van der Waals surface area contributed by atoms with Crippen molar-refractivity contribution in [1.29, 1.82) is 0 Å². The predicted molar refractivity (Wildman–Crippen MR) is 76.0 cm³/mol. The highest BCUT2D eigenvalue weighted by Crippen LogP contribution is 2.28. The van der Waals surface area contributed by atoms with Crippen LogP contribution in [0, 0.1) is 17.0 Å². The number of hydrogen-bond donors (Lipinski definition) is 1. The Morgan fingerprint density at radius 1 is 1.55 bits per heavy atom. The van der Waals surface area contributed by atoms with Crippen molar-refractivity contribution in [2.75, 3.05) is 5.32 Å². The third kappa shape index (κ3) is 2.10. The first-order valence-corrected chi connectivity index (χ1v) is 6.79. The van der Waals surface area contributed by atoms with Crippen LogP contribution in [0.4, 0.5) is 11.6 Å². The van der Waals surface area contributed by atoms with E-state index in [0.717, 1.165) is 11.3 Å². The molecule has 0 bridgehead atoms. The minimum Gasteiger partial charge on any atom is -0.358 e. The van der Waals surface area contributed by atoms with Gasteiger partial charge in [0.1, 0.15) is 6.20 Å². The van der Waals surface area contributed by atoms with Gasteiger partial charge in [-0.2, -0.15) is 9.38 Å². The molecule has 0 aromatic carbocycles. The summed E-state index contributed by atoms with van der Waals surface area (Å²) in [5.74, 6) is 0.224. The lowest BCUT2D eigenvalue weighted by molar-refractivity contribution is -0.389. The molecule has 7 nitrogen and oxygen atoms in total. The van der Waals surface area contributed by atoms with Gasteiger partial charge in [-0.15, -0.1) is 0 Å². The molecule has 0 saturated carbocycles. The molecular weight excluding hydrogens is 278 g/mol. The van der Waals surface area contributed by atoms with Crippen LogP contribution in [0.3, 0.4) is 0 Å². The van der Waals surface area contributed by atoms with E-state index in [4.69, 9.17) is 0 Å². The molecule has 0 saturated heterocycles. The molecule has 3 aromatic rings. The minimum atomic E-state index is -0.430. The monoisotopic (exact) mass is 289 g/mol. The summed E-state index contributed by atoms with van der Waals surface area (Å²) in [5, 5.41) is 15.9. The van der Waals surface area contributed by atoms with Crippen molar-refractivity contribution in [3.05, 3.63) is 51.3 Å². The molecule has 0 atom stereocenters. The van der Waals surface area contributed by atoms with Crippen molar-refractivity contribution in [2.24, 2.45) is 0 Å². The first kappa shape index (κ1) is 12.5. The van der Waals surface area contributed by atoms with Gasteiger partial charge in [0.25, 0.3) is 4.96 Å². The predicted octanol–water partition coefficient (Wildman–Crippen LogP) is 2.62. The van der Waals surface area contributed by atoms with Crippen molar-refractivity contribution in [3.63, 3.8) is 0 Å². The van der Waals surface area contributed by atoms with Crippen LogP contribution in [0.15, 0.2) is 29.9 Å². The quantitative estimate of drug-likeness (QED) is 0.589. The Hall–Kier alpha value is -2.48. The highest BCUT2D eigenvalue weighted by Gasteiger charge is 2.23. The van der Waals surface area contributed by atoms with Crippen LogP contribution in [0.25, 0.3) is 4.96 Å². The number of aromatic nitrogens is 3. The average Bonchev–Trinajstić information content (AvgIpc) is 2.97. The molecule has 3 heterocycles. The number of aryl methyl sites for hydroxylation is 1. The molecule has 20 heavy (non-hydrogen) atoms. The van der Waals surface area contributed by atoms with Crippen molar-refractivity contribution in [1.82, 2.24) is 14.4 Å². The number of pyridine rings is 1. The average molecular weight is 289 g/mol. The van der Waals surface area contributed by atoms with Crippen LogP contribution in [-0.4, -0.2) is 19.3 Å². The van der Waals surface area contributed by atoms with Gasteiger partial charge in [0.05, 0.1) is 12.2 Å². The van der Waals surface area contributed by atoms with Gasteiger partial charge in [0, 0.05) is 11.6 Å². The molecule has 8 heteroatoms. The van der Waals surface area contributed by atoms with E-state index in [2.05, 4.69) is 15.3 Å². The van der Waals surface area contributed by atoms with Gasteiger partial charge in [-0.25, -0.2) is 0 Å². The molecule has 0 spiro atoms. The number of anilines is 1. The SMILES string of the molecule is Cc1cccnc1CNc1nc2sccn2c1[N+](=O)[O-]. The van der Waals surface area contributed by atoms with Gasteiger partial charge in [-0.05, 0) is 23.5 Å². The van der Waals surface area contributed by atoms with Gasteiger partial charge < -0.3 is 15.4 Å². The van der Waals surface area contributed by atoms with Crippen LogP contribution >= 0.6 is 11.3 Å². The molecule has 0 aliphatic carbocycles. The fraction of sp³-hybridized carbons (Fsp3) is 0.167. The Morgan fingerprint density at radius 2 is 2.40 bits per heavy atom. The van der Waals surface area contributed by atoms with Crippen LogP contribution in [0.2, 0.25) is 0 Å². The fourth-order valence-corrected chi connectivity index (χ4v) is 2.65. The molecule has 3 rings (SSSR count). The first-order chi connectivity index (χ1) is 9.66. The normalized spacial score (nSPS) is 10.8. The lowest BCUT2D eigenvalue weighted by Gasteiger charge is -2.05. The number of nitrogens with zero attached hydrogens (tertiary/aromatic N) is 4. The summed E-state index contributed by atoms with van der Waals surface area (Å²) in [7, 11) is 0. The molecule has 0 fully saturated rings. The third-order valence-corrected chi connectivity index (χ3v) is 3.71. The van der Waals surface area contributed by atoms with Crippen molar-refractivity contribution in [2.45, 2.75) is 13.5 Å². The molecule has 0 radical (unpaired) electrons. The van der Waals surface area contributed by atoms with E-state index in [1.165, 1.54) is 15.7 Å². The molecule has 0 aliphatic heterocycles. The number of fused-ring (bicyclic) bond motifs is 1. The number of hydrogen-bond acceptors (Lipinski definition) is 6. The summed E-state index contributed by atoms with van der Waals surface area (Å²) in [4.78, 5) is 19.8. The van der Waals surface area contributed by atoms with Gasteiger partial charge in [-0.1, -0.05) is 17.4 Å². The standard InChI is InChI=1S/C12H11N5O2S/c1-8-3-2-4-13-9(8)7-14-10-11(17(18)19)16-5-6-20-12(16)15-10/h2-6,14H,7H2,1H3. The maximum atomic E-state index is 11.2. The van der Waals surface area contributed by atoms with Gasteiger partial charge in [0.15, 0.2) is 0 Å². The first-order valence-electron chi connectivity index (χ1n) is 5.91. The smallest absolute Gasteiger partial charge is 0.358 e. The summed E-state index contributed by atoms with van der Waals surface area (Å²) >= 11 is 1.36. The summed E-state index contributed by atoms with van der Waals surface area (Å²) in [5.41, 5.74) is 1.88. The maximum absolute atomic E-state index is 11.2. The Kier molecular flexibility index (Phi) is 3.07. The number of thiazole rings is 1. The highest BCUT2D eigenvalue weighted by molar-refractivity contribution is 7.15. The lowest BCUT2D eigenvalue weighted by atomic mass is 10.2. The Bertz CT molecular complexity index is 779. The number of imidazole rings is 1. The maximum Gasteiger partial charge on any atom is 0.372 e. The van der Waals surface area contributed by atoms with Crippen LogP contribution in [-0.2, 0) is 6.54 Å². The van der Waals surface area contributed by atoms with E-state index < -0.39 is 4.92 Å².